The summed E-state index contributed by atoms with van der Waals surface area (Å²) in [6, 6.07) is 24.2. The van der Waals surface area contributed by atoms with Crippen molar-refractivity contribution in [2.45, 2.75) is 24.7 Å². The summed E-state index contributed by atoms with van der Waals surface area (Å²) in [6.45, 7) is 0. The summed E-state index contributed by atoms with van der Waals surface area (Å²) in [6.07, 6.45) is 3.94. The Labute approximate surface area is 169 Å². The van der Waals surface area contributed by atoms with Crippen molar-refractivity contribution in [3.63, 3.8) is 0 Å². The molecule has 1 aliphatic carbocycles. The van der Waals surface area contributed by atoms with Crippen LogP contribution in [0.25, 0.3) is 22.1 Å². The minimum absolute atomic E-state index is 0.00353. The van der Waals surface area contributed by atoms with E-state index < -0.39 is 0 Å². The van der Waals surface area contributed by atoms with Crippen LogP contribution in [0.2, 0.25) is 0 Å². The van der Waals surface area contributed by atoms with E-state index in [1.54, 1.807) is 13.4 Å². The summed E-state index contributed by atoms with van der Waals surface area (Å²) >= 11 is 0. The molecule has 3 aromatic carbocycles. The van der Waals surface area contributed by atoms with Crippen LogP contribution >= 0.6 is 0 Å². The number of fused-ring (bicyclic) bond motifs is 1. The Kier molecular flexibility index (Phi) is 4.44. The van der Waals surface area contributed by atoms with Crippen LogP contribution in [0.5, 0.6) is 5.75 Å². The highest BCUT2D eigenvalue weighted by atomic mass is 16.5. The SMILES string of the molecule is COc1ccc(-c2coc3cc(C4CCC4c4ccccc4)ccc3c2=O)cc1. The fraction of sp³-hybridized carbons (Fsp3) is 0.192. The summed E-state index contributed by atoms with van der Waals surface area (Å²) in [4.78, 5) is 13.0. The van der Waals surface area contributed by atoms with Crippen molar-refractivity contribution >= 4 is 11.0 Å². The molecule has 0 amide bonds. The van der Waals surface area contributed by atoms with Gasteiger partial charge in [-0.25, -0.2) is 0 Å². The van der Waals surface area contributed by atoms with Gasteiger partial charge in [-0.05, 0) is 65.6 Å². The van der Waals surface area contributed by atoms with Crippen LogP contribution in [0.3, 0.4) is 0 Å². The minimum Gasteiger partial charge on any atom is -0.497 e. The molecule has 144 valence electrons. The predicted molar refractivity (Wildman–Crippen MR) is 116 cm³/mol. The molecule has 0 spiro atoms. The highest BCUT2D eigenvalue weighted by molar-refractivity contribution is 5.82. The van der Waals surface area contributed by atoms with Crippen molar-refractivity contribution in [1.29, 1.82) is 0 Å². The third-order valence-corrected chi connectivity index (χ3v) is 6.13. The van der Waals surface area contributed by atoms with Crippen molar-refractivity contribution in [1.82, 2.24) is 0 Å². The maximum atomic E-state index is 13.0. The van der Waals surface area contributed by atoms with E-state index in [9.17, 15) is 4.79 Å². The highest BCUT2D eigenvalue weighted by Crippen LogP contribution is 2.49. The molecule has 3 heteroatoms. The Hall–Kier alpha value is -3.33. The topological polar surface area (TPSA) is 39.4 Å². The van der Waals surface area contributed by atoms with E-state index in [4.69, 9.17) is 9.15 Å². The van der Waals surface area contributed by atoms with Gasteiger partial charge in [-0.1, -0.05) is 48.5 Å². The third-order valence-electron chi connectivity index (χ3n) is 6.13. The second-order valence-corrected chi connectivity index (χ2v) is 7.66. The maximum Gasteiger partial charge on any atom is 0.200 e. The first-order chi connectivity index (χ1) is 14.2. The Morgan fingerprint density at radius 2 is 1.59 bits per heavy atom. The monoisotopic (exact) mass is 382 g/mol. The smallest absolute Gasteiger partial charge is 0.200 e. The second-order valence-electron chi connectivity index (χ2n) is 7.66. The van der Waals surface area contributed by atoms with Crippen LogP contribution in [-0.2, 0) is 0 Å². The van der Waals surface area contributed by atoms with Gasteiger partial charge in [0.1, 0.15) is 17.6 Å². The van der Waals surface area contributed by atoms with Crippen molar-refractivity contribution in [3.8, 4) is 16.9 Å². The summed E-state index contributed by atoms with van der Waals surface area (Å²) in [5, 5.41) is 0.623. The zero-order valence-electron chi connectivity index (χ0n) is 16.3. The fourth-order valence-corrected chi connectivity index (χ4v) is 4.34. The molecule has 3 nitrogen and oxygen atoms in total. The van der Waals surface area contributed by atoms with Crippen LogP contribution in [0.1, 0.15) is 35.8 Å². The molecule has 1 aliphatic rings. The minimum atomic E-state index is -0.00353. The molecule has 4 aromatic rings. The van der Waals surface area contributed by atoms with Gasteiger partial charge in [0.05, 0.1) is 18.1 Å². The van der Waals surface area contributed by atoms with Crippen LogP contribution in [0.15, 0.2) is 88.3 Å². The molecule has 0 saturated heterocycles. The van der Waals surface area contributed by atoms with Gasteiger partial charge in [0.2, 0.25) is 0 Å². The number of methoxy groups -OCH3 is 1. The van der Waals surface area contributed by atoms with Gasteiger partial charge in [-0.2, -0.15) is 0 Å². The summed E-state index contributed by atoms with van der Waals surface area (Å²) in [7, 11) is 1.63. The van der Waals surface area contributed by atoms with E-state index >= 15 is 0 Å². The molecule has 2 unspecified atom stereocenters. The zero-order chi connectivity index (χ0) is 19.8. The van der Waals surface area contributed by atoms with Crippen LogP contribution in [-0.4, -0.2) is 7.11 Å². The lowest BCUT2D eigenvalue weighted by atomic mass is 9.67. The molecule has 5 rings (SSSR count). The molecule has 29 heavy (non-hydrogen) atoms. The Balaban J connectivity index is 1.49. The van der Waals surface area contributed by atoms with E-state index in [0.717, 1.165) is 11.3 Å². The average molecular weight is 382 g/mol. The van der Waals surface area contributed by atoms with Gasteiger partial charge in [0, 0.05) is 0 Å². The molecule has 1 fully saturated rings. The third kappa shape index (κ3) is 3.13. The average Bonchev–Trinajstić information content (AvgIpc) is 2.74. The second kappa shape index (κ2) is 7.25. The van der Waals surface area contributed by atoms with E-state index in [-0.39, 0.29) is 5.43 Å². The van der Waals surface area contributed by atoms with E-state index in [1.807, 2.05) is 36.4 Å². The van der Waals surface area contributed by atoms with E-state index in [0.29, 0.717) is 28.4 Å². The first-order valence-corrected chi connectivity index (χ1v) is 9.99. The van der Waals surface area contributed by atoms with Gasteiger partial charge in [-0.3, -0.25) is 4.79 Å². The molecule has 2 atom stereocenters. The molecule has 0 N–H and O–H groups in total. The first-order valence-electron chi connectivity index (χ1n) is 9.99. The molecular formula is C26H22O3. The number of hydrogen-bond acceptors (Lipinski definition) is 3. The lowest BCUT2D eigenvalue weighted by Crippen LogP contribution is -2.21. The molecule has 1 heterocycles. The molecule has 1 aromatic heterocycles. The van der Waals surface area contributed by atoms with E-state index in [1.165, 1.54) is 24.0 Å². The molecule has 0 bridgehead atoms. The Morgan fingerprint density at radius 1 is 0.862 bits per heavy atom. The fourth-order valence-electron chi connectivity index (χ4n) is 4.34. The summed E-state index contributed by atoms with van der Waals surface area (Å²) < 4.78 is 11.1. The first kappa shape index (κ1) is 17.7. The predicted octanol–water partition coefficient (Wildman–Crippen LogP) is 6.13. The van der Waals surface area contributed by atoms with Crippen molar-refractivity contribution in [3.05, 3.63) is 100 Å². The van der Waals surface area contributed by atoms with Crippen LogP contribution in [0, 0.1) is 0 Å². The van der Waals surface area contributed by atoms with Gasteiger partial charge in [0.25, 0.3) is 0 Å². The normalized spacial score (nSPS) is 18.4. The number of rotatable bonds is 4. The van der Waals surface area contributed by atoms with Crippen molar-refractivity contribution in [2.75, 3.05) is 7.11 Å². The number of benzene rings is 3. The standard InChI is InChI=1S/C26H22O3/c1-28-20-10-7-18(8-11-20)24-16-29-25-15-19(9-12-23(25)26(24)27)22-14-13-21(22)17-5-3-2-4-6-17/h2-12,15-16,21-22H,13-14H2,1H3. The zero-order valence-corrected chi connectivity index (χ0v) is 16.3. The lowest BCUT2D eigenvalue weighted by Gasteiger charge is -2.37. The Bertz CT molecular complexity index is 1210. The van der Waals surface area contributed by atoms with Gasteiger partial charge < -0.3 is 9.15 Å². The highest BCUT2D eigenvalue weighted by Gasteiger charge is 2.33. The van der Waals surface area contributed by atoms with Crippen LogP contribution < -0.4 is 10.2 Å². The van der Waals surface area contributed by atoms with Crippen molar-refractivity contribution in [2.24, 2.45) is 0 Å². The van der Waals surface area contributed by atoms with Crippen molar-refractivity contribution < 1.29 is 9.15 Å². The molecule has 0 aliphatic heterocycles. The van der Waals surface area contributed by atoms with Crippen LogP contribution in [0.4, 0.5) is 0 Å². The van der Waals surface area contributed by atoms with Gasteiger partial charge >= 0.3 is 0 Å². The number of ether oxygens (including phenoxy) is 1. The van der Waals surface area contributed by atoms with Gasteiger partial charge in [0.15, 0.2) is 5.43 Å². The Morgan fingerprint density at radius 3 is 2.28 bits per heavy atom. The summed E-state index contributed by atoms with van der Waals surface area (Å²) in [5.41, 5.74) is 4.69. The quantitative estimate of drug-likeness (QED) is 0.426. The number of hydrogen-bond donors (Lipinski definition) is 0. The van der Waals surface area contributed by atoms with E-state index in [2.05, 4.69) is 36.4 Å². The summed E-state index contributed by atoms with van der Waals surface area (Å²) in [5.74, 6) is 1.78. The largest absolute Gasteiger partial charge is 0.497 e. The molecule has 0 radical (unpaired) electrons. The van der Waals surface area contributed by atoms with Gasteiger partial charge in [-0.15, -0.1) is 0 Å². The maximum absolute atomic E-state index is 13.0. The lowest BCUT2D eigenvalue weighted by molar-refractivity contribution is 0.346. The molecular weight excluding hydrogens is 360 g/mol. The molecule has 1 saturated carbocycles.